The summed E-state index contributed by atoms with van der Waals surface area (Å²) in [7, 11) is 0. The first-order chi connectivity index (χ1) is 7.66. The largest absolute Gasteiger partial charge is 0.393 e. The molecule has 0 aliphatic carbocycles. The van der Waals surface area contributed by atoms with Gasteiger partial charge in [-0.1, -0.05) is 24.3 Å². The average molecular weight is 217 g/mol. The summed E-state index contributed by atoms with van der Waals surface area (Å²) < 4.78 is 0. The van der Waals surface area contributed by atoms with E-state index in [1.165, 1.54) is 0 Å². The highest BCUT2D eigenvalue weighted by Crippen LogP contribution is 2.24. The van der Waals surface area contributed by atoms with Gasteiger partial charge in [0, 0.05) is 5.56 Å². The van der Waals surface area contributed by atoms with Crippen LogP contribution in [0, 0.1) is 0 Å². The fourth-order valence-electron chi connectivity index (χ4n) is 1.73. The van der Waals surface area contributed by atoms with Crippen LogP contribution in [0.4, 0.5) is 5.82 Å². The second-order valence-corrected chi connectivity index (χ2v) is 3.95. The molecule has 0 saturated carbocycles. The molecule has 1 unspecified atom stereocenters. The molecule has 16 heavy (non-hydrogen) atoms. The molecule has 2 aromatic rings. The van der Waals surface area contributed by atoms with E-state index in [2.05, 4.69) is 10.2 Å². The zero-order chi connectivity index (χ0) is 11.5. The molecule has 0 bridgehead atoms. The first kappa shape index (κ1) is 10.7. The molecule has 4 heteroatoms. The highest BCUT2D eigenvalue weighted by molar-refractivity contribution is 5.73. The van der Waals surface area contributed by atoms with E-state index in [0.29, 0.717) is 12.2 Å². The van der Waals surface area contributed by atoms with Crippen LogP contribution in [-0.4, -0.2) is 21.4 Å². The minimum absolute atomic E-state index is 0.336. The van der Waals surface area contributed by atoms with E-state index in [1.54, 1.807) is 13.1 Å². The third-order valence-corrected chi connectivity index (χ3v) is 2.44. The van der Waals surface area contributed by atoms with E-state index in [-0.39, 0.29) is 6.10 Å². The lowest BCUT2D eigenvalue weighted by Crippen LogP contribution is -2.03. The number of benzene rings is 1. The summed E-state index contributed by atoms with van der Waals surface area (Å²) >= 11 is 0. The Morgan fingerprint density at radius 2 is 2.31 bits per heavy atom. The molecule has 84 valence electrons. The van der Waals surface area contributed by atoms with E-state index in [1.807, 2.05) is 24.3 Å². The third kappa shape index (κ3) is 2.23. The second-order valence-electron chi connectivity index (χ2n) is 3.95. The van der Waals surface area contributed by atoms with Gasteiger partial charge in [0.2, 0.25) is 0 Å². The van der Waals surface area contributed by atoms with E-state index >= 15 is 0 Å². The summed E-state index contributed by atoms with van der Waals surface area (Å²) in [4.78, 5) is 0. The molecule has 1 heterocycles. The molecule has 0 aliphatic heterocycles. The molecule has 0 spiro atoms. The molecule has 2 rings (SSSR count). The van der Waals surface area contributed by atoms with E-state index in [9.17, 15) is 5.11 Å². The van der Waals surface area contributed by atoms with Crippen molar-refractivity contribution in [1.82, 2.24) is 10.2 Å². The number of nitrogens with zero attached hydrogens (tertiary/aromatic N) is 1. The topological polar surface area (TPSA) is 74.9 Å². The van der Waals surface area contributed by atoms with Crippen LogP contribution in [0.25, 0.3) is 11.1 Å². The average Bonchev–Trinajstić information content (AvgIpc) is 2.64. The summed E-state index contributed by atoms with van der Waals surface area (Å²) in [6, 6.07) is 7.95. The van der Waals surface area contributed by atoms with Gasteiger partial charge in [-0.25, -0.2) is 0 Å². The van der Waals surface area contributed by atoms with E-state index < -0.39 is 0 Å². The zero-order valence-corrected chi connectivity index (χ0v) is 9.14. The van der Waals surface area contributed by atoms with Crippen LogP contribution in [0.3, 0.4) is 0 Å². The lowest BCUT2D eigenvalue weighted by molar-refractivity contribution is 0.195. The van der Waals surface area contributed by atoms with Crippen LogP contribution in [0.15, 0.2) is 30.5 Å². The van der Waals surface area contributed by atoms with Crippen molar-refractivity contribution in [3.05, 3.63) is 36.0 Å². The van der Waals surface area contributed by atoms with Crippen molar-refractivity contribution in [2.75, 3.05) is 5.73 Å². The molecule has 4 N–H and O–H groups in total. The third-order valence-electron chi connectivity index (χ3n) is 2.44. The van der Waals surface area contributed by atoms with Gasteiger partial charge in [0.15, 0.2) is 0 Å². The lowest BCUT2D eigenvalue weighted by Gasteiger charge is -2.06. The molecule has 4 nitrogen and oxygen atoms in total. The predicted molar refractivity (Wildman–Crippen MR) is 63.8 cm³/mol. The van der Waals surface area contributed by atoms with Gasteiger partial charge >= 0.3 is 0 Å². The Labute approximate surface area is 94.1 Å². The summed E-state index contributed by atoms with van der Waals surface area (Å²) in [6.07, 6.45) is 2.01. The summed E-state index contributed by atoms with van der Waals surface area (Å²) in [5, 5.41) is 15.9. The standard InChI is InChI=1S/C12H15N3O/c1-8(16)5-9-3-2-4-10(6-9)11-7-14-15-12(11)13/h2-4,6-8,16H,5H2,1H3,(H3,13,14,15). The number of rotatable bonds is 3. The number of aromatic nitrogens is 2. The highest BCUT2D eigenvalue weighted by atomic mass is 16.3. The van der Waals surface area contributed by atoms with Gasteiger partial charge in [0.1, 0.15) is 5.82 Å². The SMILES string of the molecule is CC(O)Cc1cccc(-c2cn[nH]c2N)c1. The normalized spacial score (nSPS) is 12.6. The number of nitrogens with two attached hydrogens (primary N) is 1. The molecule has 1 atom stereocenters. The van der Waals surface area contributed by atoms with Crippen LogP contribution in [0.1, 0.15) is 12.5 Å². The van der Waals surface area contributed by atoms with Crippen LogP contribution in [-0.2, 0) is 6.42 Å². The zero-order valence-electron chi connectivity index (χ0n) is 9.14. The molecule has 0 amide bonds. The number of aromatic amines is 1. The number of anilines is 1. The number of aliphatic hydroxyl groups is 1. The molecule has 1 aromatic heterocycles. The fourth-order valence-corrected chi connectivity index (χ4v) is 1.73. The second kappa shape index (κ2) is 4.37. The molecule has 0 saturated heterocycles. The minimum Gasteiger partial charge on any atom is -0.393 e. The van der Waals surface area contributed by atoms with E-state index in [0.717, 1.165) is 16.7 Å². The number of H-pyrrole nitrogens is 1. The molecule has 0 fully saturated rings. The van der Waals surface area contributed by atoms with Crippen LogP contribution in [0.2, 0.25) is 0 Å². The molecule has 0 radical (unpaired) electrons. The quantitative estimate of drug-likeness (QED) is 0.730. The first-order valence-electron chi connectivity index (χ1n) is 5.23. The van der Waals surface area contributed by atoms with Crippen molar-refractivity contribution in [2.45, 2.75) is 19.4 Å². The van der Waals surface area contributed by atoms with Crippen molar-refractivity contribution in [3.63, 3.8) is 0 Å². The Morgan fingerprint density at radius 1 is 1.50 bits per heavy atom. The monoisotopic (exact) mass is 217 g/mol. The van der Waals surface area contributed by atoms with Crippen molar-refractivity contribution >= 4 is 5.82 Å². The van der Waals surface area contributed by atoms with Gasteiger partial charge in [-0.15, -0.1) is 0 Å². The fraction of sp³-hybridized carbons (Fsp3) is 0.250. The first-order valence-corrected chi connectivity index (χ1v) is 5.23. The van der Waals surface area contributed by atoms with Gasteiger partial charge in [-0.2, -0.15) is 5.10 Å². The van der Waals surface area contributed by atoms with Crippen molar-refractivity contribution < 1.29 is 5.11 Å². The van der Waals surface area contributed by atoms with Crippen molar-refractivity contribution in [2.24, 2.45) is 0 Å². The number of aliphatic hydroxyl groups excluding tert-OH is 1. The van der Waals surface area contributed by atoms with Crippen molar-refractivity contribution in [3.8, 4) is 11.1 Å². The smallest absolute Gasteiger partial charge is 0.126 e. The maximum absolute atomic E-state index is 9.34. The molecular weight excluding hydrogens is 202 g/mol. The number of nitrogen functional groups attached to an aromatic ring is 1. The minimum atomic E-state index is -0.336. The predicted octanol–water partition coefficient (Wildman–Crippen LogP) is 1.58. The molecule has 1 aromatic carbocycles. The van der Waals surface area contributed by atoms with E-state index in [4.69, 9.17) is 5.73 Å². The highest BCUT2D eigenvalue weighted by Gasteiger charge is 2.06. The summed E-state index contributed by atoms with van der Waals surface area (Å²) in [5.41, 5.74) is 8.76. The Kier molecular flexibility index (Phi) is 2.92. The van der Waals surface area contributed by atoms with Crippen LogP contribution in [0.5, 0.6) is 0 Å². The molecular formula is C12H15N3O. The van der Waals surface area contributed by atoms with Gasteiger partial charge in [0.25, 0.3) is 0 Å². The molecule has 0 aliphatic rings. The van der Waals surface area contributed by atoms with Gasteiger partial charge in [-0.05, 0) is 24.5 Å². The van der Waals surface area contributed by atoms with Crippen LogP contribution >= 0.6 is 0 Å². The summed E-state index contributed by atoms with van der Waals surface area (Å²) in [6.45, 7) is 1.78. The lowest BCUT2D eigenvalue weighted by atomic mass is 10.0. The van der Waals surface area contributed by atoms with Crippen LogP contribution < -0.4 is 5.73 Å². The number of hydrogen-bond acceptors (Lipinski definition) is 3. The number of hydrogen-bond donors (Lipinski definition) is 3. The Morgan fingerprint density at radius 3 is 2.94 bits per heavy atom. The van der Waals surface area contributed by atoms with Crippen molar-refractivity contribution in [1.29, 1.82) is 0 Å². The summed E-state index contributed by atoms with van der Waals surface area (Å²) in [5.74, 6) is 0.564. The Balaban J connectivity index is 2.33. The maximum atomic E-state index is 9.34. The maximum Gasteiger partial charge on any atom is 0.126 e. The van der Waals surface area contributed by atoms with Gasteiger partial charge < -0.3 is 10.8 Å². The van der Waals surface area contributed by atoms with Gasteiger partial charge in [0.05, 0.1) is 12.3 Å². The number of nitrogens with one attached hydrogen (secondary N) is 1. The van der Waals surface area contributed by atoms with Gasteiger partial charge in [-0.3, -0.25) is 5.10 Å². The Bertz CT molecular complexity index is 477. The Hall–Kier alpha value is -1.81.